The topological polar surface area (TPSA) is 96.8 Å². The molecule has 0 spiro atoms. The first-order chi connectivity index (χ1) is 16.4. The second-order valence-electron chi connectivity index (χ2n) is 7.84. The highest BCUT2D eigenvalue weighted by Crippen LogP contribution is 2.43. The Balaban J connectivity index is 1.63. The number of nitrogens with one attached hydrogen (secondary N) is 1. The summed E-state index contributed by atoms with van der Waals surface area (Å²) in [5.41, 5.74) is 3.55. The third-order valence-corrected chi connectivity index (χ3v) is 5.73. The molecule has 8 nitrogen and oxygen atoms in total. The number of rotatable bonds is 7. The predicted octanol–water partition coefficient (Wildman–Crippen LogP) is 3.53. The third kappa shape index (κ3) is 4.63. The van der Waals surface area contributed by atoms with Crippen LogP contribution in [0, 0.1) is 5.95 Å². The van der Waals surface area contributed by atoms with Gasteiger partial charge in [0.1, 0.15) is 0 Å². The largest absolute Gasteiger partial charge is 0.502 e. The molecular formula is C25H25FN4O4. The molecule has 3 heterocycles. The van der Waals surface area contributed by atoms with Crippen molar-refractivity contribution in [2.75, 3.05) is 21.3 Å². The number of carbonyl (C=O) groups is 1. The lowest BCUT2D eigenvalue weighted by atomic mass is 10.1. The van der Waals surface area contributed by atoms with Gasteiger partial charge < -0.3 is 24.8 Å². The Morgan fingerprint density at radius 1 is 1.24 bits per heavy atom. The molecule has 1 aliphatic heterocycles. The molecule has 0 radical (unpaired) electrons. The van der Waals surface area contributed by atoms with Gasteiger partial charge in [-0.05, 0) is 47.5 Å². The number of phenolic OH excluding ortho intramolecular Hbond substituents is 1. The average Bonchev–Trinajstić information content (AvgIpc) is 3.09. The summed E-state index contributed by atoms with van der Waals surface area (Å²) in [5, 5.41) is 13.1. The highest BCUT2D eigenvalue weighted by molar-refractivity contribution is 5.86. The second kappa shape index (κ2) is 9.78. The summed E-state index contributed by atoms with van der Waals surface area (Å²) in [6.45, 7) is 0.350. The standard InChI is InChI=1S/C25H25FN4O4/c1-30-18(9-16-10-20(33-2)25(32)21(11-16)34-3)17-6-7-22(26)29-24(17)19(30)12-23(31)28-14-15-5-4-8-27-13-15/h4-11,13,19,32H,12,14H2,1-3H3,(H,28,31)/b18-9+. The number of nitrogens with zero attached hydrogens (tertiary/aromatic N) is 3. The number of halogens is 1. The Morgan fingerprint density at radius 3 is 2.62 bits per heavy atom. The fraction of sp³-hybridized carbons (Fsp3) is 0.240. The third-order valence-electron chi connectivity index (χ3n) is 5.73. The van der Waals surface area contributed by atoms with E-state index in [0.717, 1.165) is 16.8 Å². The van der Waals surface area contributed by atoms with Crippen molar-refractivity contribution in [1.82, 2.24) is 20.2 Å². The Bertz CT molecular complexity index is 1210. The lowest BCUT2D eigenvalue weighted by Gasteiger charge is -2.23. The first kappa shape index (κ1) is 23.0. The van der Waals surface area contributed by atoms with E-state index >= 15 is 0 Å². The van der Waals surface area contributed by atoms with Gasteiger partial charge in [-0.25, -0.2) is 4.98 Å². The van der Waals surface area contributed by atoms with Gasteiger partial charge in [-0.15, -0.1) is 0 Å². The molecule has 1 aromatic carbocycles. The number of pyridine rings is 2. The first-order valence-electron chi connectivity index (χ1n) is 10.6. The SMILES string of the molecule is COc1cc(/C=C2\c3ccc(F)nc3C(CC(=O)NCc3cccnc3)N2C)cc(OC)c1O. The minimum absolute atomic E-state index is 0.0970. The van der Waals surface area contributed by atoms with Crippen molar-refractivity contribution in [1.29, 1.82) is 0 Å². The molecule has 0 aliphatic carbocycles. The molecule has 0 saturated heterocycles. The maximum atomic E-state index is 14.0. The number of phenols is 1. The van der Waals surface area contributed by atoms with Crippen molar-refractivity contribution in [3.05, 3.63) is 77.1 Å². The van der Waals surface area contributed by atoms with Crippen molar-refractivity contribution < 1.29 is 23.8 Å². The van der Waals surface area contributed by atoms with Gasteiger partial charge in [0.2, 0.25) is 17.6 Å². The van der Waals surface area contributed by atoms with E-state index in [9.17, 15) is 14.3 Å². The van der Waals surface area contributed by atoms with E-state index in [4.69, 9.17) is 9.47 Å². The van der Waals surface area contributed by atoms with Gasteiger partial charge in [0.05, 0.1) is 32.4 Å². The van der Waals surface area contributed by atoms with E-state index < -0.39 is 12.0 Å². The number of fused-ring (bicyclic) bond motifs is 1. The Labute approximate surface area is 196 Å². The molecule has 1 atom stereocenters. The minimum atomic E-state index is -0.609. The molecule has 176 valence electrons. The second-order valence-corrected chi connectivity index (χ2v) is 7.84. The number of amides is 1. The summed E-state index contributed by atoms with van der Waals surface area (Å²) in [7, 11) is 4.74. The molecule has 3 aromatic rings. The normalized spacial score (nSPS) is 15.8. The van der Waals surface area contributed by atoms with Crippen LogP contribution < -0.4 is 14.8 Å². The van der Waals surface area contributed by atoms with Crippen LogP contribution in [0.1, 0.15) is 34.8 Å². The summed E-state index contributed by atoms with van der Waals surface area (Å²) in [5.74, 6) is -0.375. The molecule has 0 bridgehead atoms. The molecular weight excluding hydrogens is 439 g/mol. The zero-order valence-electron chi connectivity index (χ0n) is 19.1. The van der Waals surface area contributed by atoms with Crippen LogP contribution in [0.15, 0.2) is 48.8 Å². The smallest absolute Gasteiger partial charge is 0.222 e. The first-order valence-corrected chi connectivity index (χ1v) is 10.6. The molecule has 1 amide bonds. The Morgan fingerprint density at radius 2 is 1.97 bits per heavy atom. The zero-order valence-corrected chi connectivity index (χ0v) is 19.1. The number of carbonyl (C=O) groups excluding carboxylic acids is 1. The number of hydrogen-bond acceptors (Lipinski definition) is 7. The van der Waals surface area contributed by atoms with Crippen LogP contribution in [0.3, 0.4) is 0 Å². The highest BCUT2D eigenvalue weighted by Gasteiger charge is 2.34. The molecule has 34 heavy (non-hydrogen) atoms. The molecule has 0 fully saturated rings. The fourth-order valence-electron chi connectivity index (χ4n) is 3.98. The van der Waals surface area contributed by atoms with E-state index in [0.29, 0.717) is 17.8 Å². The van der Waals surface area contributed by atoms with Crippen molar-refractivity contribution in [2.24, 2.45) is 0 Å². The van der Waals surface area contributed by atoms with Crippen LogP contribution in [0.2, 0.25) is 0 Å². The number of aromatic nitrogens is 2. The van der Waals surface area contributed by atoms with Gasteiger partial charge in [-0.3, -0.25) is 9.78 Å². The number of aromatic hydroxyl groups is 1. The zero-order chi connectivity index (χ0) is 24.2. The fourth-order valence-corrected chi connectivity index (χ4v) is 3.98. The molecule has 1 aliphatic rings. The van der Waals surface area contributed by atoms with E-state index in [1.807, 2.05) is 24.1 Å². The van der Waals surface area contributed by atoms with Crippen LogP contribution >= 0.6 is 0 Å². The van der Waals surface area contributed by atoms with E-state index in [2.05, 4.69) is 15.3 Å². The maximum Gasteiger partial charge on any atom is 0.222 e. The summed E-state index contributed by atoms with van der Waals surface area (Å²) >= 11 is 0. The predicted molar refractivity (Wildman–Crippen MR) is 124 cm³/mol. The van der Waals surface area contributed by atoms with Crippen molar-refractivity contribution in [2.45, 2.75) is 19.0 Å². The molecule has 1 unspecified atom stereocenters. The van der Waals surface area contributed by atoms with Crippen LogP contribution in [-0.2, 0) is 11.3 Å². The molecule has 0 saturated carbocycles. The quantitative estimate of drug-likeness (QED) is 0.517. The molecule has 4 rings (SSSR count). The number of ether oxygens (including phenoxy) is 2. The van der Waals surface area contributed by atoms with E-state index in [1.165, 1.54) is 20.3 Å². The van der Waals surface area contributed by atoms with E-state index in [1.54, 1.807) is 36.7 Å². The number of hydrogen-bond donors (Lipinski definition) is 2. The summed E-state index contributed by atoms with van der Waals surface area (Å²) in [6.07, 6.45) is 5.31. The van der Waals surface area contributed by atoms with Gasteiger partial charge in [-0.2, -0.15) is 4.39 Å². The lowest BCUT2D eigenvalue weighted by molar-refractivity contribution is -0.122. The molecule has 2 N–H and O–H groups in total. The summed E-state index contributed by atoms with van der Waals surface area (Å²) in [6, 6.07) is 9.52. The van der Waals surface area contributed by atoms with Gasteiger partial charge in [-0.1, -0.05) is 6.07 Å². The molecule has 9 heteroatoms. The van der Waals surface area contributed by atoms with Crippen molar-refractivity contribution in [3.8, 4) is 17.2 Å². The number of benzene rings is 1. The van der Waals surface area contributed by atoms with Gasteiger partial charge >= 0.3 is 0 Å². The summed E-state index contributed by atoms with van der Waals surface area (Å²) in [4.78, 5) is 22.8. The minimum Gasteiger partial charge on any atom is -0.502 e. The monoisotopic (exact) mass is 464 g/mol. The van der Waals surface area contributed by atoms with Gasteiger partial charge in [0, 0.05) is 37.2 Å². The number of methoxy groups -OCH3 is 2. The Hall–Kier alpha value is -4.14. The maximum absolute atomic E-state index is 14.0. The average molecular weight is 464 g/mol. The highest BCUT2D eigenvalue weighted by atomic mass is 19.1. The van der Waals surface area contributed by atoms with Crippen molar-refractivity contribution in [3.63, 3.8) is 0 Å². The van der Waals surface area contributed by atoms with Crippen molar-refractivity contribution >= 4 is 17.7 Å². The van der Waals surface area contributed by atoms with Gasteiger partial charge in [0.15, 0.2) is 11.5 Å². The van der Waals surface area contributed by atoms with Gasteiger partial charge in [0.25, 0.3) is 0 Å². The van der Waals surface area contributed by atoms with Crippen LogP contribution in [0.25, 0.3) is 11.8 Å². The van der Waals surface area contributed by atoms with Crippen LogP contribution in [-0.4, -0.2) is 47.1 Å². The molecule has 2 aromatic heterocycles. The Kier molecular flexibility index (Phi) is 6.62. The summed E-state index contributed by atoms with van der Waals surface area (Å²) < 4.78 is 24.5. The van der Waals surface area contributed by atoms with Crippen LogP contribution in [0.4, 0.5) is 4.39 Å². The lowest BCUT2D eigenvalue weighted by Crippen LogP contribution is -2.28. The van der Waals surface area contributed by atoms with E-state index in [-0.39, 0.29) is 29.6 Å². The van der Waals surface area contributed by atoms with Crippen LogP contribution in [0.5, 0.6) is 17.2 Å².